The zero-order valence-corrected chi connectivity index (χ0v) is 15.5. The van der Waals surface area contributed by atoms with Crippen molar-refractivity contribution in [2.75, 3.05) is 55.4 Å². The maximum absolute atomic E-state index is 6.06. The number of unbranched alkanes of at least 4 members (excludes halogenated alkanes) is 3. The quantitative estimate of drug-likeness (QED) is 0.629. The predicted octanol–water partition coefficient (Wildman–Crippen LogP) is 2.69. The number of nitrogens with zero attached hydrogens (tertiary/aromatic N) is 4. The Kier molecular flexibility index (Phi) is 6.55. The fourth-order valence-electron chi connectivity index (χ4n) is 3.47. The molecule has 0 aliphatic carbocycles. The van der Waals surface area contributed by atoms with Gasteiger partial charge in [-0.15, -0.1) is 0 Å². The molecule has 25 heavy (non-hydrogen) atoms. The fourth-order valence-corrected chi connectivity index (χ4v) is 3.47. The van der Waals surface area contributed by atoms with Crippen molar-refractivity contribution in [1.29, 1.82) is 0 Å². The molecule has 0 spiro atoms. The lowest BCUT2D eigenvalue weighted by molar-refractivity contribution is 0.286. The van der Waals surface area contributed by atoms with Gasteiger partial charge in [0.2, 0.25) is 0 Å². The van der Waals surface area contributed by atoms with Gasteiger partial charge in [0.25, 0.3) is 0 Å². The molecule has 1 fully saturated rings. The summed E-state index contributed by atoms with van der Waals surface area (Å²) in [6, 6.07) is 0.396. The highest BCUT2D eigenvalue weighted by molar-refractivity contribution is 5.80. The van der Waals surface area contributed by atoms with E-state index in [2.05, 4.69) is 32.0 Å². The van der Waals surface area contributed by atoms with Crippen LogP contribution in [0.4, 0.5) is 17.3 Å². The summed E-state index contributed by atoms with van der Waals surface area (Å²) in [4.78, 5) is 13.7. The van der Waals surface area contributed by atoms with Crippen molar-refractivity contribution in [3.05, 3.63) is 0 Å². The van der Waals surface area contributed by atoms with Gasteiger partial charge < -0.3 is 25.6 Å². The Bertz CT molecular complexity index is 547. The Morgan fingerprint density at radius 3 is 2.68 bits per heavy atom. The average molecular weight is 348 g/mol. The van der Waals surface area contributed by atoms with Crippen LogP contribution in [0.25, 0.3) is 0 Å². The Labute approximate surface area is 150 Å². The van der Waals surface area contributed by atoms with Gasteiger partial charge in [0.05, 0.1) is 13.3 Å². The highest BCUT2D eigenvalue weighted by Crippen LogP contribution is 2.35. The van der Waals surface area contributed by atoms with E-state index in [9.17, 15) is 0 Å². The lowest BCUT2D eigenvalue weighted by atomic mass is 10.2. The molecule has 0 atom stereocenters. The maximum Gasteiger partial charge on any atom is 0.320 e. The van der Waals surface area contributed by atoms with Crippen LogP contribution < -0.4 is 20.7 Å². The zero-order valence-electron chi connectivity index (χ0n) is 15.5. The minimum Gasteiger partial charge on any atom is -0.463 e. The van der Waals surface area contributed by atoms with Crippen LogP contribution in [0.1, 0.15) is 51.9 Å². The minimum atomic E-state index is 0.396. The standard InChI is InChI=1S/C18H32N6O/c1-2-3-13-25-18-21-16(19)15-17(22-18)24(14-20-15)12-6-4-5-9-23-10-7-8-11-23/h20H,2-14H2,1H3,(H2,19,21,22). The number of ether oxygens (including phenoxy) is 1. The van der Waals surface area contributed by atoms with Gasteiger partial charge in [0, 0.05) is 6.54 Å². The Morgan fingerprint density at radius 1 is 1.08 bits per heavy atom. The molecule has 3 N–H and O–H groups in total. The fraction of sp³-hybridized carbons (Fsp3) is 0.778. The normalized spacial score (nSPS) is 16.9. The van der Waals surface area contributed by atoms with Crippen molar-refractivity contribution in [2.24, 2.45) is 0 Å². The van der Waals surface area contributed by atoms with Crippen LogP contribution in [0.15, 0.2) is 0 Å². The summed E-state index contributed by atoms with van der Waals surface area (Å²) in [5.74, 6) is 1.37. The molecule has 2 aliphatic rings. The van der Waals surface area contributed by atoms with Crippen LogP contribution in [0, 0.1) is 0 Å². The molecule has 1 aromatic heterocycles. The van der Waals surface area contributed by atoms with E-state index < -0.39 is 0 Å². The Morgan fingerprint density at radius 2 is 1.88 bits per heavy atom. The molecule has 0 saturated carbocycles. The number of nitrogen functional groups attached to an aromatic ring is 1. The lowest BCUT2D eigenvalue weighted by Gasteiger charge is -2.18. The number of fused-ring (bicyclic) bond motifs is 1. The van der Waals surface area contributed by atoms with Gasteiger partial charge in [-0.25, -0.2) is 0 Å². The molecule has 3 heterocycles. The van der Waals surface area contributed by atoms with Crippen molar-refractivity contribution in [3.8, 4) is 6.01 Å². The van der Waals surface area contributed by atoms with E-state index in [-0.39, 0.29) is 0 Å². The molecular formula is C18H32N6O. The summed E-state index contributed by atoms with van der Waals surface area (Å²) in [5.41, 5.74) is 6.91. The van der Waals surface area contributed by atoms with E-state index in [1.54, 1.807) is 0 Å². The highest BCUT2D eigenvalue weighted by atomic mass is 16.5. The first kappa shape index (κ1) is 18.0. The van der Waals surface area contributed by atoms with E-state index in [0.717, 1.165) is 37.6 Å². The van der Waals surface area contributed by atoms with E-state index in [1.807, 2.05) is 0 Å². The van der Waals surface area contributed by atoms with Crippen LogP contribution in [-0.2, 0) is 0 Å². The van der Waals surface area contributed by atoms with Crippen LogP contribution in [-0.4, -0.2) is 54.3 Å². The average Bonchev–Trinajstić information content (AvgIpc) is 3.25. The summed E-state index contributed by atoms with van der Waals surface area (Å²) >= 11 is 0. The topological polar surface area (TPSA) is 79.5 Å². The lowest BCUT2D eigenvalue weighted by Crippen LogP contribution is -2.25. The molecule has 0 amide bonds. The van der Waals surface area contributed by atoms with E-state index in [4.69, 9.17) is 10.5 Å². The number of rotatable bonds is 10. The molecule has 2 aliphatic heterocycles. The number of aromatic nitrogens is 2. The molecule has 0 radical (unpaired) electrons. The van der Waals surface area contributed by atoms with Crippen LogP contribution in [0.2, 0.25) is 0 Å². The first-order chi connectivity index (χ1) is 12.3. The number of anilines is 3. The van der Waals surface area contributed by atoms with Gasteiger partial charge in [-0.3, -0.25) is 0 Å². The van der Waals surface area contributed by atoms with Crippen molar-refractivity contribution in [2.45, 2.75) is 51.9 Å². The monoisotopic (exact) mass is 348 g/mol. The van der Waals surface area contributed by atoms with Gasteiger partial charge in [0.15, 0.2) is 11.6 Å². The summed E-state index contributed by atoms with van der Waals surface area (Å²) in [5, 5.41) is 3.31. The Hall–Kier alpha value is -1.76. The number of nitrogens with two attached hydrogens (primary N) is 1. The molecule has 0 aromatic carbocycles. The number of likely N-dealkylation sites (tertiary alicyclic amines) is 1. The summed E-state index contributed by atoms with van der Waals surface area (Å²) in [6.45, 7) is 8.35. The maximum atomic E-state index is 6.06. The largest absolute Gasteiger partial charge is 0.463 e. The zero-order chi connectivity index (χ0) is 17.5. The van der Waals surface area contributed by atoms with Crippen molar-refractivity contribution < 1.29 is 4.74 Å². The number of hydrogen-bond acceptors (Lipinski definition) is 7. The van der Waals surface area contributed by atoms with E-state index in [1.165, 1.54) is 51.7 Å². The number of nitrogens with one attached hydrogen (secondary N) is 1. The summed E-state index contributed by atoms with van der Waals surface area (Å²) in [7, 11) is 0. The predicted molar refractivity (Wildman–Crippen MR) is 102 cm³/mol. The van der Waals surface area contributed by atoms with Crippen molar-refractivity contribution in [3.63, 3.8) is 0 Å². The molecular weight excluding hydrogens is 316 g/mol. The first-order valence-electron chi connectivity index (χ1n) is 9.79. The summed E-state index contributed by atoms with van der Waals surface area (Å²) in [6.07, 6.45) is 8.55. The molecule has 140 valence electrons. The molecule has 0 unspecified atom stereocenters. The van der Waals surface area contributed by atoms with Crippen LogP contribution in [0.5, 0.6) is 6.01 Å². The third-order valence-corrected chi connectivity index (χ3v) is 4.97. The van der Waals surface area contributed by atoms with Crippen LogP contribution in [0.3, 0.4) is 0 Å². The molecule has 1 saturated heterocycles. The van der Waals surface area contributed by atoms with Crippen molar-refractivity contribution >= 4 is 17.3 Å². The smallest absolute Gasteiger partial charge is 0.320 e. The van der Waals surface area contributed by atoms with Gasteiger partial charge in [-0.05, 0) is 51.7 Å². The number of hydrogen-bond donors (Lipinski definition) is 2. The third kappa shape index (κ3) is 4.87. The van der Waals surface area contributed by atoms with E-state index in [0.29, 0.717) is 18.4 Å². The molecule has 0 bridgehead atoms. The second kappa shape index (κ2) is 9.08. The molecule has 1 aromatic rings. The highest BCUT2D eigenvalue weighted by Gasteiger charge is 2.24. The van der Waals surface area contributed by atoms with Gasteiger partial charge in [-0.2, -0.15) is 9.97 Å². The third-order valence-electron chi connectivity index (χ3n) is 4.97. The second-order valence-electron chi connectivity index (χ2n) is 7.00. The SMILES string of the molecule is CCCCOc1nc(N)c2c(n1)N(CCCCCN1CCCC1)CN2. The second-order valence-corrected chi connectivity index (χ2v) is 7.00. The molecule has 7 heteroatoms. The van der Waals surface area contributed by atoms with Crippen molar-refractivity contribution in [1.82, 2.24) is 14.9 Å². The van der Waals surface area contributed by atoms with Gasteiger partial charge in [-0.1, -0.05) is 19.8 Å². The molecule has 3 rings (SSSR count). The van der Waals surface area contributed by atoms with E-state index >= 15 is 0 Å². The minimum absolute atomic E-state index is 0.396. The Balaban J connectivity index is 1.46. The molecule has 7 nitrogen and oxygen atoms in total. The first-order valence-corrected chi connectivity index (χ1v) is 9.79. The van der Waals surface area contributed by atoms with Gasteiger partial charge >= 0.3 is 6.01 Å². The van der Waals surface area contributed by atoms with Crippen LogP contribution >= 0.6 is 0 Å². The summed E-state index contributed by atoms with van der Waals surface area (Å²) < 4.78 is 5.64. The van der Waals surface area contributed by atoms with Gasteiger partial charge in [0.1, 0.15) is 5.69 Å².